The zero-order valence-corrected chi connectivity index (χ0v) is 4.53. The van der Waals surface area contributed by atoms with Gasteiger partial charge < -0.3 is 10.6 Å². The molecule has 8 heavy (non-hydrogen) atoms. The highest BCUT2D eigenvalue weighted by atomic mass is 16.9. The normalized spacial score (nSPS) is 12.8. The van der Waals surface area contributed by atoms with Gasteiger partial charge in [-0.3, -0.25) is 0 Å². The second-order valence-corrected chi connectivity index (χ2v) is 1.50. The lowest BCUT2D eigenvalue weighted by Crippen LogP contribution is -2.23. The second-order valence-electron chi connectivity index (χ2n) is 1.50. The van der Waals surface area contributed by atoms with Crippen LogP contribution < -0.4 is 5.73 Å². The van der Waals surface area contributed by atoms with E-state index in [0.717, 1.165) is 0 Å². The van der Waals surface area contributed by atoms with Gasteiger partial charge in [0.25, 0.3) is 5.09 Å². The third-order valence-electron chi connectivity index (χ3n) is 0.443. The van der Waals surface area contributed by atoms with E-state index in [9.17, 15) is 10.1 Å². The van der Waals surface area contributed by atoms with Crippen LogP contribution in [0.2, 0.25) is 0 Å². The molecule has 0 aliphatic rings. The molecule has 1 atom stereocenters. The summed E-state index contributed by atoms with van der Waals surface area (Å²) in [5, 5.41) is 8.57. The molecule has 2 N–H and O–H groups in total. The Morgan fingerprint density at radius 2 is 2.50 bits per heavy atom. The lowest BCUT2D eigenvalue weighted by molar-refractivity contribution is -0.758. The molecule has 0 aromatic heterocycles. The van der Waals surface area contributed by atoms with Crippen LogP contribution in [0.15, 0.2) is 0 Å². The van der Waals surface area contributed by atoms with E-state index in [4.69, 9.17) is 5.73 Å². The molecule has 0 saturated heterocycles. The molecule has 0 saturated carbocycles. The standard InChI is InChI=1S/C3H8N2O3/c1-3(4)2-8-5(6)7/h3H,2,4H2,1H3. The fourth-order valence-electron chi connectivity index (χ4n) is 0.178. The summed E-state index contributed by atoms with van der Waals surface area (Å²) in [5.41, 5.74) is 5.11. The molecule has 0 fully saturated rings. The van der Waals surface area contributed by atoms with Crippen LogP contribution >= 0.6 is 0 Å². The molecule has 48 valence electrons. The van der Waals surface area contributed by atoms with Crippen molar-refractivity contribution in [1.29, 1.82) is 0 Å². The molecule has 0 rings (SSSR count). The third kappa shape index (κ3) is 5.16. The topological polar surface area (TPSA) is 78.4 Å². The Balaban J connectivity index is 3.05. The first kappa shape index (κ1) is 7.16. The van der Waals surface area contributed by atoms with Gasteiger partial charge in [0.1, 0.15) is 6.61 Å². The lowest BCUT2D eigenvalue weighted by Gasteiger charge is -1.99. The molecule has 0 amide bonds. The van der Waals surface area contributed by atoms with Crippen LogP contribution in [0.5, 0.6) is 0 Å². The molecule has 5 nitrogen and oxygen atoms in total. The number of rotatable bonds is 3. The lowest BCUT2D eigenvalue weighted by atomic mass is 10.4. The summed E-state index contributed by atoms with van der Waals surface area (Å²) in [6, 6.07) is -0.277. The molecule has 0 aromatic carbocycles. The molecular weight excluding hydrogens is 112 g/mol. The minimum atomic E-state index is -0.858. The van der Waals surface area contributed by atoms with E-state index in [2.05, 4.69) is 4.84 Å². The van der Waals surface area contributed by atoms with Gasteiger partial charge in [-0.2, -0.15) is 0 Å². The van der Waals surface area contributed by atoms with E-state index in [1.807, 2.05) is 0 Å². The van der Waals surface area contributed by atoms with E-state index in [-0.39, 0.29) is 12.6 Å². The Kier molecular flexibility index (Phi) is 2.86. The second kappa shape index (κ2) is 3.20. The van der Waals surface area contributed by atoms with Crippen LogP contribution in [-0.2, 0) is 4.84 Å². The summed E-state index contributed by atoms with van der Waals surface area (Å²) in [4.78, 5) is 13.3. The summed E-state index contributed by atoms with van der Waals surface area (Å²) in [5.74, 6) is 0. The molecule has 0 aliphatic carbocycles. The van der Waals surface area contributed by atoms with Gasteiger partial charge in [0.15, 0.2) is 0 Å². The minimum Gasteiger partial charge on any atom is -0.326 e. The van der Waals surface area contributed by atoms with Crippen molar-refractivity contribution in [2.24, 2.45) is 5.73 Å². The van der Waals surface area contributed by atoms with Crippen LogP contribution in [-0.4, -0.2) is 17.7 Å². The highest BCUT2D eigenvalue weighted by Gasteiger charge is 1.96. The maximum absolute atomic E-state index is 9.43. The molecule has 0 aromatic rings. The SMILES string of the molecule is CC(N)CO[N+](=O)[O-]. The Labute approximate surface area is 46.5 Å². The van der Waals surface area contributed by atoms with Crippen molar-refractivity contribution in [3.63, 3.8) is 0 Å². The Morgan fingerprint density at radius 3 is 2.62 bits per heavy atom. The van der Waals surface area contributed by atoms with Crippen LogP contribution in [0.1, 0.15) is 6.92 Å². The fraction of sp³-hybridized carbons (Fsp3) is 1.00. The predicted molar refractivity (Wildman–Crippen MR) is 26.6 cm³/mol. The van der Waals surface area contributed by atoms with Crippen molar-refractivity contribution in [3.8, 4) is 0 Å². The van der Waals surface area contributed by atoms with Crippen molar-refractivity contribution in [2.75, 3.05) is 6.61 Å². The molecule has 5 heteroatoms. The number of nitrogens with two attached hydrogens (primary N) is 1. The van der Waals surface area contributed by atoms with E-state index >= 15 is 0 Å². The van der Waals surface area contributed by atoms with Gasteiger partial charge in [0.05, 0.1) is 0 Å². The van der Waals surface area contributed by atoms with Crippen molar-refractivity contribution >= 4 is 0 Å². The molecule has 0 heterocycles. The first-order valence-corrected chi connectivity index (χ1v) is 2.16. The van der Waals surface area contributed by atoms with Crippen LogP contribution in [0.4, 0.5) is 0 Å². The molecule has 0 bridgehead atoms. The average molecular weight is 120 g/mol. The van der Waals surface area contributed by atoms with Crippen molar-refractivity contribution in [3.05, 3.63) is 10.1 Å². The number of nitrogens with zero attached hydrogens (tertiary/aromatic N) is 1. The van der Waals surface area contributed by atoms with Gasteiger partial charge >= 0.3 is 0 Å². The van der Waals surface area contributed by atoms with Crippen molar-refractivity contribution in [2.45, 2.75) is 13.0 Å². The van der Waals surface area contributed by atoms with Crippen LogP contribution in [0, 0.1) is 10.1 Å². The summed E-state index contributed by atoms with van der Waals surface area (Å²) >= 11 is 0. The van der Waals surface area contributed by atoms with Crippen LogP contribution in [0.25, 0.3) is 0 Å². The molecule has 0 spiro atoms. The third-order valence-corrected chi connectivity index (χ3v) is 0.443. The maximum atomic E-state index is 9.43. The first-order valence-electron chi connectivity index (χ1n) is 2.16. The van der Waals surface area contributed by atoms with Gasteiger partial charge in [-0.05, 0) is 6.92 Å². The van der Waals surface area contributed by atoms with Crippen LogP contribution in [0.3, 0.4) is 0 Å². The summed E-state index contributed by atoms with van der Waals surface area (Å²) in [7, 11) is 0. The monoisotopic (exact) mass is 120 g/mol. The highest BCUT2D eigenvalue weighted by molar-refractivity contribution is 4.44. The summed E-state index contributed by atoms with van der Waals surface area (Å²) < 4.78 is 0. The molecule has 0 radical (unpaired) electrons. The quantitative estimate of drug-likeness (QED) is 0.404. The highest BCUT2D eigenvalue weighted by Crippen LogP contribution is 1.77. The molecular formula is C3H8N2O3. The van der Waals surface area contributed by atoms with Gasteiger partial charge in [0.2, 0.25) is 0 Å². The van der Waals surface area contributed by atoms with Gasteiger partial charge in [-0.1, -0.05) is 0 Å². The molecule has 0 aliphatic heterocycles. The number of hydrogen-bond donors (Lipinski definition) is 1. The van der Waals surface area contributed by atoms with E-state index in [1.165, 1.54) is 0 Å². The summed E-state index contributed by atoms with van der Waals surface area (Å²) in [6.07, 6.45) is 0. The molecule has 1 unspecified atom stereocenters. The Morgan fingerprint density at radius 1 is 2.00 bits per heavy atom. The number of hydrogen-bond acceptors (Lipinski definition) is 4. The summed E-state index contributed by atoms with van der Waals surface area (Å²) in [6.45, 7) is 1.59. The minimum absolute atomic E-state index is 0.0347. The zero-order chi connectivity index (χ0) is 6.57. The van der Waals surface area contributed by atoms with E-state index in [0.29, 0.717) is 0 Å². The van der Waals surface area contributed by atoms with Gasteiger partial charge in [-0.25, -0.2) is 0 Å². The van der Waals surface area contributed by atoms with E-state index < -0.39 is 5.09 Å². The fourth-order valence-corrected chi connectivity index (χ4v) is 0.178. The zero-order valence-electron chi connectivity index (χ0n) is 4.53. The average Bonchev–Trinajstić information content (AvgIpc) is 1.61. The van der Waals surface area contributed by atoms with Gasteiger partial charge in [-0.15, -0.1) is 10.1 Å². The maximum Gasteiger partial charge on any atom is 0.294 e. The first-order chi connectivity index (χ1) is 3.63. The van der Waals surface area contributed by atoms with Crippen molar-refractivity contribution < 1.29 is 9.92 Å². The Bertz CT molecular complexity index is 82.6. The largest absolute Gasteiger partial charge is 0.326 e. The van der Waals surface area contributed by atoms with Crippen molar-refractivity contribution in [1.82, 2.24) is 0 Å². The predicted octanol–water partition coefficient (Wildman–Crippen LogP) is -0.458. The van der Waals surface area contributed by atoms with E-state index in [1.54, 1.807) is 6.92 Å². The van der Waals surface area contributed by atoms with Gasteiger partial charge in [0, 0.05) is 6.04 Å². The smallest absolute Gasteiger partial charge is 0.294 e. The Hall–Kier alpha value is -0.840.